The summed E-state index contributed by atoms with van der Waals surface area (Å²) >= 11 is 0. The van der Waals surface area contributed by atoms with Crippen molar-refractivity contribution in [1.29, 1.82) is 5.26 Å². The second-order valence-electron chi connectivity index (χ2n) is 4.41. The number of rotatable bonds is 2. The minimum absolute atomic E-state index is 0.127. The summed E-state index contributed by atoms with van der Waals surface area (Å²) in [5, 5.41) is 12.2. The molecule has 0 saturated heterocycles. The predicted molar refractivity (Wildman–Crippen MR) is 75.3 cm³/mol. The van der Waals surface area contributed by atoms with E-state index in [1.807, 2.05) is 18.2 Å². The monoisotopic (exact) mass is 280 g/mol. The zero-order chi connectivity index (χ0) is 14.8. The number of para-hydroxylation sites is 1. The third kappa shape index (κ3) is 2.47. The molecule has 0 fully saturated rings. The summed E-state index contributed by atoms with van der Waals surface area (Å²) in [4.78, 5) is 12.1. The van der Waals surface area contributed by atoms with Gasteiger partial charge in [0.15, 0.2) is 5.76 Å². The number of hydrogen-bond donors (Lipinski definition) is 1. The van der Waals surface area contributed by atoms with Gasteiger partial charge >= 0.3 is 0 Å². The molecule has 4 nitrogen and oxygen atoms in total. The largest absolute Gasteiger partial charge is 0.451 e. The van der Waals surface area contributed by atoms with Crippen LogP contribution in [-0.2, 0) is 0 Å². The van der Waals surface area contributed by atoms with Gasteiger partial charge in [0.2, 0.25) is 0 Å². The van der Waals surface area contributed by atoms with Crippen LogP contribution in [0.4, 0.5) is 10.1 Å². The minimum Gasteiger partial charge on any atom is -0.451 e. The molecule has 0 aliphatic rings. The summed E-state index contributed by atoms with van der Waals surface area (Å²) in [6, 6.07) is 14.4. The number of furan rings is 1. The number of halogens is 1. The maximum absolute atomic E-state index is 13.2. The van der Waals surface area contributed by atoms with E-state index in [1.54, 1.807) is 18.2 Å². The normalized spacial score (nSPS) is 10.3. The van der Waals surface area contributed by atoms with Crippen molar-refractivity contribution in [3.05, 3.63) is 65.7 Å². The fraction of sp³-hybridized carbons (Fsp3) is 0. The summed E-state index contributed by atoms with van der Waals surface area (Å²) in [5.74, 6) is -0.931. The number of amides is 1. The predicted octanol–water partition coefficient (Wildman–Crippen LogP) is 3.70. The van der Waals surface area contributed by atoms with Crippen LogP contribution in [0.2, 0.25) is 0 Å². The maximum atomic E-state index is 13.2. The highest BCUT2D eigenvalue weighted by Crippen LogP contribution is 2.20. The summed E-state index contributed by atoms with van der Waals surface area (Å²) in [6.45, 7) is 0. The van der Waals surface area contributed by atoms with E-state index in [4.69, 9.17) is 9.68 Å². The number of anilines is 1. The van der Waals surface area contributed by atoms with E-state index in [0.29, 0.717) is 11.3 Å². The van der Waals surface area contributed by atoms with Gasteiger partial charge in [-0.15, -0.1) is 0 Å². The SMILES string of the molecule is N#Cc1cc(NC(=O)c2cc3ccccc3o2)ccc1F. The maximum Gasteiger partial charge on any atom is 0.291 e. The van der Waals surface area contributed by atoms with Gasteiger partial charge in [-0.05, 0) is 30.3 Å². The second kappa shape index (κ2) is 5.10. The minimum atomic E-state index is -0.626. The van der Waals surface area contributed by atoms with Crippen LogP contribution < -0.4 is 5.32 Å². The number of benzene rings is 2. The van der Waals surface area contributed by atoms with Crippen LogP contribution >= 0.6 is 0 Å². The van der Waals surface area contributed by atoms with Gasteiger partial charge in [0.05, 0.1) is 5.56 Å². The molecule has 0 bridgehead atoms. The van der Waals surface area contributed by atoms with Crippen LogP contribution in [0.25, 0.3) is 11.0 Å². The van der Waals surface area contributed by atoms with E-state index in [2.05, 4.69) is 5.32 Å². The second-order valence-corrected chi connectivity index (χ2v) is 4.41. The Labute approximate surface area is 119 Å². The van der Waals surface area contributed by atoms with E-state index >= 15 is 0 Å². The number of nitriles is 1. The molecule has 0 spiro atoms. The van der Waals surface area contributed by atoms with Crippen molar-refractivity contribution in [3.63, 3.8) is 0 Å². The molecule has 0 aliphatic heterocycles. The fourth-order valence-corrected chi connectivity index (χ4v) is 1.98. The summed E-state index contributed by atoms with van der Waals surface area (Å²) in [5.41, 5.74) is 0.815. The number of fused-ring (bicyclic) bond motifs is 1. The molecule has 0 saturated carbocycles. The van der Waals surface area contributed by atoms with Gasteiger partial charge in [0, 0.05) is 11.1 Å². The fourth-order valence-electron chi connectivity index (χ4n) is 1.98. The topological polar surface area (TPSA) is 66.0 Å². The third-order valence-corrected chi connectivity index (χ3v) is 2.99. The lowest BCUT2D eigenvalue weighted by Crippen LogP contribution is -2.11. The van der Waals surface area contributed by atoms with Crippen molar-refractivity contribution in [1.82, 2.24) is 0 Å². The molecule has 102 valence electrons. The van der Waals surface area contributed by atoms with Gasteiger partial charge in [-0.1, -0.05) is 18.2 Å². The third-order valence-electron chi connectivity index (χ3n) is 2.99. The molecule has 3 rings (SSSR count). The zero-order valence-corrected chi connectivity index (χ0v) is 10.8. The molecule has 1 aromatic heterocycles. The van der Waals surface area contributed by atoms with Gasteiger partial charge in [0.25, 0.3) is 5.91 Å². The Morgan fingerprint density at radius 2 is 2.00 bits per heavy atom. The number of nitrogens with one attached hydrogen (secondary N) is 1. The van der Waals surface area contributed by atoms with Crippen LogP contribution in [-0.4, -0.2) is 5.91 Å². The Balaban J connectivity index is 1.88. The smallest absolute Gasteiger partial charge is 0.291 e. The first kappa shape index (κ1) is 12.9. The molecule has 1 N–H and O–H groups in total. The van der Waals surface area contributed by atoms with Crippen molar-refractivity contribution in [2.24, 2.45) is 0 Å². The first-order chi connectivity index (χ1) is 10.2. The Hall–Kier alpha value is -3.13. The Kier molecular flexibility index (Phi) is 3.13. The molecule has 3 aromatic rings. The Morgan fingerprint density at radius 1 is 1.19 bits per heavy atom. The van der Waals surface area contributed by atoms with Crippen LogP contribution in [0.1, 0.15) is 16.1 Å². The summed E-state index contributed by atoms with van der Waals surface area (Å²) < 4.78 is 18.6. The molecule has 1 heterocycles. The molecular weight excluding hydrogens is 271 g/mol. The van der Waals surface area contributed by atoms with Crippen LogP contribution in [0.15, 0.2) is 52.9 Å². The van der Waals surface area contributed by atoms with Crippen molar-refractivity contribution < 1.29 is 13.6 Å². The molecular formula is C16H9FN2O2. The first-order valence-electron chi connectivity index (χ1n) is 6.17. The van der Waals surface area contributed by atoms with Crippen molar-refractivity contribution in [2.45, 2.75) is 0 Å². The molecule has 2 aromatic carbocycles. The van der Waals surface area contributed by atoms with E-state index in [1.165, 1.54) is 12.1 Å². The van der Waals surface area contributed by atoms with Gasteiger partial charge < -0.3 is 9.73 Å². The lowest BCUT2D eigenvalue weighted by atomic mass is 10.2. The molecule has 0 atom stereocenters. The van der Waals surface area contributed by atoms with Crippen molar-refractivity contribution >= 4 is 22.6 Å². The van der Waals surface area contributed by atoms with E-state index < -0.39 is 11.7 Å². The lowest BCUT2D eigenvalue weighted by Gasteiger charge is -2.03. The quantitative estimate of drug-likeness (QED) is 0.778. The van der Waals surface area contributed by atoms with Gasteiger partial charge in [0.1, 0.15) is 17.5 Å². The molecule has 0 radical (unpaired) electrons. The van der Waals surface area contributed by atoms with E-state index in [0.717, 1.165) is 11.5 Å². The van der Waals surface area contributed by atoms with Crippen LogP contribution in [0.5, 0.6) is 0 Å². The van der Waals surface area contributed by atoms with Gasteiger partial charge in [-0.25, -0.2) is 4.39 Å². The number of nitrogens with zero attached hydrogens (tertiary/aromatic N) is 1. The molecule has 0 aliphatic carbocycles. The average Bonchev–Trinajstić information content (AvgIpc) is 2.93. The first-order valence-corrected chi connectivity index (χ1v) is 6.17. The highest BCUT2D eigenvalue weighted by atomic mass is 19.1. The van der Waals surface area contributed by atoms with Gasteiger partial charge in [-0.3, -0.25) is 4.79 Å². The summed E-state index contributed by atoms with van der Waals surface area (Å²) in [6.07, 6.45) is 0. The van der Waals surface area contributed by atoms with Gasteiger partial charge in [-0.2, -0.15) is 5.26 Å². The highest BCUT2D eigenvalue weighted by Gasteiger charge is 2.13. The molecule has 21 heavy (non-hydrogen) atoms. The molecule has 1 amide bonds. The van der Waals surface area contributed by atoms with E-state index in [9.17, 15) is 9.18 Å². The van der Waals surface area contributed by atoms with Crippen LogP contribution in [0, 0.1) is 17.1 Å². The lowest BCUT2D eigenvalue weighted by molar-refractivity contribution is 0.0998. The number of carbonyl (C=O) groups is 1. The van der Waals surface area contributed by atoms with Crippen molar-refractivity contribution in [2.75, 3.05) is 5.32 Å². The molecule has 5 heteroatoms. The Bertz CT molecular complexity index is 844. The number of carbonyl (C=O) groups excluding carboxylic acids is 1. The number of hydrogen-bond acceptors (Lipinski definition) is 3. The standard InChI is InChI=1S/C16H9FN2O2/c17-13-6-5-12(7-11(13)9-18)19-16(20)15-8-10-3-1-2-4-14(10)21-15/h1-8H,(H,19,20). The summed E-state index contributed by atoms with van der Waals surface area (Å²) in [7, 11) is 0. The van der Waals surface area contributed by atoms with E-state index in [-0.39, 0.29) is 11.3 Å². The highest BCUT2D eigenvalue weighted by molar-refractivity contribution is 6.04. The molecule has 0 unspecified atom stereocenters. The van der Waals surface area contributed by atoms with Crippen LogP contribution in [0.3, 0.4) is 0 Å². The average molecular weight is 280 g/mol. The zero-order valence-electron chi connectivity index (χ0n) is 10.8. The van der Waals surface area contributed by atoms with Crippen molar-refractivity contribution in [3.8, 4) is 6.07 Å². The Morgan fingerprint density at radius 3 is 2.76 bits per heavy atom.